The van der Waals surface area contributed by atoms with Crippen molar-refractivity contribution in [1.82, 2.24) is 4.57 Å². The Balaban J connectivity index is 2.30. The van der Waals surface area contributed by atoms with Crippen LogP contribution in [0.5, 0.6) is 0 Å². The zero-order chi connectivity index (χ0) is 18.7. The summed E-state index contributed by atoms with van der Waals surface area (Å²) >= 11 is 0. The van der Waals surface area contributed by atoms with Gasteiger partial charge in [-0.3, -0.25) is 4.79 Å². The molecule has 0 amide bonds. The lowest BCUT2D eigenvalue weighted by Gasteiger charge is -2.24. The number of pyridine rings is 1. The molecule has 0 radical (unpaired) electrons. The topological polar surface area (TPSA) is 59.3 Å². The number of carbonyl (C=O) groups is 1. The second-order valence-electron chi connectivity index (χ2n) is 6.00. The third-order valence-electron chi connectivity index (χ3n) is 4.36. The molecule has 4 nitrogen and oxygen atoms in total. The first-order valence-electron chi connectivity index (χ1n) is 7.65. The van der Waals surface area contributed by atoms with Crippen LogP contribution >= 0.6 is 10.9 Å². The van der Waals surface area contributed by atoms with E-state index < -0.39 is 68.1 Å². The first-order valence-corrected chi connectivity index (χ1v) is 9.13. The van der Waals surface area contributed by atoms with E-state index in [2.05, 4.69) is 0 Å². The molecule has 9 heteroatoms. The van der Waals surface area contributed by atoms with E-state index in [0.29, 0.717) is 12.8 Å². The third-order valence-corrected chi connectivity index (χ3v) is 6.28. The third kappa shape index (κ3) is 2.23. The molecule has 1 aliphatic heterocycles. The molecule has 1 aromatic heterocycles. The van der Waals surface area contributed by atoms with Gasteiger partial charge in [0.1, 0.15) is 5.56 Å². The highest BCUT2D eigenvalue weighted by atomic mass is 32.2. The molecular formula is C17H11F4NO3S. The number of carboxylic acids is 1. The molecule has 1 aliphatic carbocycles. The molecule has 0 spiro atoms. The van der Waals surface area contributed by atoms with Gasteiger partial charge in [0.15, 0.2) is 23.3 Å². The number of allylic oxidation sites excluding steroid dienone is 2. The van der Waals surface area contributed by atoms with Gasteiger partial charge in [-0.05, 0) is 23.7 Å². The summed E-state index contributed by atoms with van der Waals surface area (Å²) in [6.07, 6.45) is 4.35. The van der Waals surface area contributed by atoms with E-state index in [1.807, 2.05) is 0 Å². The number of aromatic nitrogens is 1. The molecule has 0 atom stereocenters. The molecule has 2 aromatic rings. The van der Waals surface area contributed by atoms with Crippen molar-refractivity contribution < 1.29 is 27.5 Å². The lowest BCUT2D eigenvalue weighted by Crippen LogP contribution is -2.25. The number of benzene rings is 1. The second-order valence-corrected chi connectivity index (χ2v) is 7.84. The number of thiol groups is 1. The predicted octanol–water partition coefficient (Wildman–Crippen LogP) is 3.99. The van der Waals surface area contributed by atoms with Crippen LogP contribution in [0.3, 0.4) is 0 Å². The Morgan fingerprint density at radius 1 is 1.04 bits per heavy atom. The number of fused-ring (bicyclic) bond motifs is 1. The van der Waals surface area contributed by atoms with Gasteiger partial charge in [0.2, 0.25) is 5.43 Å². The van der Waals surface area contributed by atoms with Crippen LogP contribution in [0.25, 0.3) is 10.9 Å². The van der Waals surface area contributed by atoms with Crippen LogP contribution in [0, 0.1) is 23.3 Å². The molecule has 136 valence electrons. The van der Waals surface area contributed by atoms with Gasteiger partial charge in [-0.15, -0.1) is 0 Å². The van der Waals surface area contributed by atoms with Gasteiger partial charge in [-0.1, -0.05) is 12.2 Å². The average Bonchev–Trinajstić information content (AvgIpc) is 3.29. The number of halogens is 4. The van der Waals surface area contributed by atoms with Crippen LogP contribution in [0.1, 0.15) is 29.2 Å². The van der Waals surface area contributed by atoms with Crippen LogP contribution in [-0.4, -0.2) is 15.6 Å². The molecule has 2 heterocycles. The van der Waals surface area contributed by atoms with Crippen molar-refractivity contribution in [3.05, 3.63) is 62.0 Å². The van der Waals surface area contributed by atoms with Crippen molar-refractivity contribution in [1.29, 1.82) is 0 Å². The van der Waals surface area contributed by atoms with Gasteiger partial charge in [-0.25, -0.2) is 22.4 Å². The maximum atomic E-state index is 14.5. The molecule has 1 saturated carbocycles. The van der Waals surface area contributed by atoms with Crippen molar-refractivity contribution in [2.45, 2.75) is 23.9 Å². The van der Waals surface area contributed by atoms with E-state index in [-0.39, 0.29) is 5.03 Å². The molecule has 0 bridgehead atoms. The molecule has 2 aliphatic rings. The Morgan fingerprint density at radius 2 is 1.62 bits per heavy atom. The Morgan fingerprint density at radius 3 is 2.15 bits per heavy atom. The quantitative estimate of drug-likeness (QED) is 0.364. The van der Waals surface area contributed by atoms with Crippen LogP contribution in [-0.2, 0) is 0 Å². The highest BCUT2D eigenvalue weighted by molar-refractivity contribution is 8.22. The molecule has 1 fully saturated rings. The van der Waals surface area contributed by atoms with Gasteiger partial charge in [-0.2, -0.15) is 10.9 Å². The molecule has 1 aromatic carbocycles. The van der Waals surface area contributed by atoms with E-state index >= 15 is 0 Å². The highest BCUT2D eigenvalue weighted by Gasteiger charge is 2.36. The number of hydrogen-bond donors (Lipinski definition) is 2. The first kappa shape index (κ1) is 16.9. The van der Waals surface area contributed by atoms with Crippen molar-refractivity contribution in [2.75, 3.05) is 0 Å². The van der Waals surface area contributed by atoms with Crippen molar-refractivity contribution in [3.8, 4) is 0 Å². The van der Waals surface area contributed by atoms with E-state index in [0.717, 1.165) is 0 Å². The van der Waals surface area contributed by atoms with Crippen molar-refractivity contribution in [3.63, 3.8) is 0 Å². The molecule has 4 rings (SSSR count). The molecule has 0 unspecified atom stereocenters. The predicted molar refractivity (Wildman–Crippen MR) is 88.8 cm³/mol. The van der Waals surface area contributed by atoms with E-state index in [4.69, 9.17) is 0 Å². The Hall–Kier alpha value is -2.55. The Kier molecular flexibility index (Phi) is 3.72. The Bertz CT molecular complexity index is 1090. The fourth-order valence-electron chi connectivity index (χ4n) is 3.12. The zero-order valence-corrected chi connectivity index (χ0v) is 13.9. The molecular weight excluding hydrogens is 374 g/mol. The number of aromatic carboxylic acids is 1. The first-order chi connectivity index (χ1) is 12.3. The minimum Gasteiger partial charge on any atom is -0.477 e. The van der Waals surface area contributed by atoms with Crippen molar-refractivity contribution in [2.24, 2.45) is 0 Å². The maximum absolute atomic E-state index is 14.5. The summed E-state index contributed by atoms with van der Waals surface area (Å²) in [5.74, 6) is -9.35. The van der Waals surface area contributed by atoms with Crippen LogP contribution < -0.4 is 5.43 Å². The summed E-state index contributed by atoms with van der Waals surface area (Å²) in [5.41, 5.74) is -2.81. The fourth-order valence-corrected chi connectivity index (χ4v) is 5.04. The summed E-state index contributed by atoms with van der Waals surface area (Å²) in [5, 5.41) is 11.8. The summed E-state index contributed by atoms with van der Waals surface area (Å²) in [4.78, 5) is 24.4. The molecule has 1 N–H and O–H groups in total. The van der Waals surface area contributed by atoms with Crippen LogP contribution in [0.15, 0.2) is 32.8 Å². The highest BCUT2D eigenvalue weighted by Crippen LogP contribution is 2.49. The largest absolute Gasteiger partial charge is 0.477 e. The summed E-state index contributed by atoms with van der Waals surface area (Å²) in [7, 11) is -1.42. The Labute approximate surface area is 146 Å². The lowest BCUT2D eigenvalue weighted by atomic mass is 10.1. The van der Waals surface area contributed by atoms with Gasteiger partial charge in [0, 0.05) is 6.04 Å². The summed E-state index contributed by atoms with van der Waals surface area (Å²) in [6.45, 7) is 0. The minimum atomic E-state index is -2.13. The number of hydrogen-bond acceptors (Lipinski definition) is 2. The second kappa shape index (κ2) is 5.73. The molecule has 0 saturated heterocycles. The lowest BCUT2D eigenvalue weighted by molar-refractivity contribution is 0.0690. The smallest absolute Gasteiger partial charge is 0.342 e. The van der Waals surface area contributed by atoms with E-state index in [1.165, 1.54) is 4.57 Å². The normalized spacial score (nSPS) is 17.5. The van der Waals surface area contributed by atoms with E-state index in [9.17, 15) is 32.3 Å². The van der Waals surface area contributed by atoms with Gasteiger partial charge < -0.3 is 9.67 Å². The van der Waals surface area contributed by atoms with Crippen molar-refractivity contribution >= 4 is 27.8 Å². The summed E-state index contributed by atoms with van der Waals surface area (Å²) < 4.78 is 57.5. The number of rotatable bonds is 3. The minimum absolute atomic E-state index is 0.00167. The zero-order valence-electron chi connectivity index (χ0n) is 13.0. The van der Waals surface area contributed by atoms with Crippen LogP contribution in [0.2, 0.25) is 0 Å². The monoisotopic (exact) mass is 385 g/mol. The maximum Gasteiger partial charge on any atom is 0.342 e. The van der Waals surface area contributed by atoms with Gasteiger partial charge in [0.25, 0.3) is 0 Å². The number of nitrogens with zero attached hydrogens (tertiary/aromatic N) is 1. The van der Waals surface area contributed by atoms with Gasteiger partial charge in [0.05, 0.1) is 15.9 Å². The summed E-state index contributed by atoms with van der Waals surface area (Å²) in [6, 6.07) is -0.408. The standard InChI is InChI=1S/C17H11F4NO3S/c18-10-8-14(13(21)12(20)11(10)19)22(7-3-4-7)16(26-5-1-2-6-26)9(15(8)23)17(24)25/h1-2,5-7,26H,3-4H2,(H,24,25). The average molecular weight is 385 g/mol. The molecule has 26 heavy (non-hydrogen) atoms. The van der Waals surface area contributed by atoms with Crippen LogP contribution in [0.4, 0.5) is 17.6 Å². The number of carboxylic acid groups (broad SMARTS) is 1. The van der Waals surface area contributed by atoms with Gasteiger partial charge >= 0.3 is 5.97 Å². The fraction of sp³-hybridized carbons (Fsp3) is 0.176. The SMILES string of the molecule is O=C(O)c1c([SH]2C=CC=C2)n(C2CC2)c2c(F)c(F)c(F)c(F)c2c1=O. The van der Waals surface area contributed by atoms with E-state index in [1.54, 1.807) is 23.0 Å².